The van der Waals surface area contributed by atoms with Gasteiger partial charge >= 0.3 is 0 Å². The molecule has 4 heteroatoms. The summed E-state index contributed by atoms with van der Waals surface area (Å²) >= 11 is 0. The normalized spacial score (nSPS) is 28.4. The second-order valence-corrected chi connectivity index (χ2v) is 4.90. The van der Waals surface area contributed by atoms with E-state index in [1.54, 1.807) is 0 Å². The summed E-state index contributed by atoms with van der Waals surface area (Å²) in [6.45, 7) is 2.15. The van der Waals surface area contributed by atoms with E-state index in [-0.39, 0.29) is 5.92 Å². The van der Waals surface area contributed by atoms with Crippen molar-refractivity contribution in [3.8, 4) is 0 Å². The Morgan fingerprint density at radius 1 is 1.06 bits per heavy atom. The quantitative estimate of drug-likeness (QED) is 0.635. The average molecular weight is 238 g/mol. The highest BCUT2D eigenvalue weighted by atomic mass is 15.3. The van der Waals surface area contributed by atoms with E-state index in [2.05, 4.69) is 16.0 Å². The van der Waals surface area contributed by atoms with Gasteiger partial charge in [0.15, 0.2) is 0 Å². The molecule has 90 valence electrons. The van der Waals surface area contributed by atoms with Gasteiger partial charge in [-0.15, -0.1) is 0 Å². The molecule has 0 aromatic carbocycles. The Labute approximate surface area is 106 Å². The van der Waals surface area contributed by atoms with Crippen LogP contribution in [-0.4, -0.2) is 35.4 Å². The first-order valence-electron chi connectivity index (χ1n) is 6.46. The van der Waals surface area contributed by atoms with Crippen LogP contribution in [0.25, 0.3) is 0 Å². The molecule has 1 unspecified atom stereocenters. The van der Waals surface area contributed by atoms with Crippen LogP contribution in [0.5, 0.6) is 0 Å². The largest absolute Gasteiger partial charge is 0.341 e. The van der Waals surface area contributed by atoms with Crippen molar-refractivity contribution in [3.05, 3.63) is 36.2 Å². The molecule has 1 saturated heterocycles. The summed E-state index contributed by atoms with van der Waals surface area (Å²) in [7, 11) is 0. The molecule has 4 nitrogen and oxygen atoms in total. The van der Waals surface area contributed by atoms with Gasteiger partial charge in [-0.2, -0.15) is 0 Å². The zero-order valence-electron chi connectivity index (χ0n) is 10.1. The topological polar surface area (TPSA) is 40.3 Å². The Hall–Kier alpha value is -1.97. The molecule has 0 spiro atoms. The Balaban J connectivity index is 1.79. The van der Waals surface area contributed by atoms with Gasteiger partial charge in [-0.3, -0.25) is 4.99 Å². The third-order valence-electron chi connectivity index (χ3n) is 3.74. The molecule has 0 aromatic rings. The van der Waals surface area contributed by atoms with Crippen molar-refractivity contribution in [2.45, 2.75) is 12.8 Å². The van der Waals surface area contributed by atoms with E-state index in [1.807, 2.05) is 24.4 Å². The molecule has 0 amide bonds. The zero-order chi connectivity index (χ0) is 11.9. The summed E-state index contributed by atoms with van der Waals surface area (Å²) in [6, 6.07) is 0. The highest BCUT2D eigenvalue weighted by molar-refractivity contribution is 6.23. The minimum Gasteiger partial charge on any atom is -0.341 e. The number of hydrogen-bond acceptors (Lipinski definition) is 4. The molecular formula is C14H14N4. The van der Waals surface area contributed by atoms with E-state index in [0.29, 0.717) is 0 Å². The molecule has 3 aliphatic heterocycles. The second-order valence-electron chi connectivity index (χ2n) is 4.90. The van der Waals surface area contributed by atoms with Crippen LogP contribution in [0.4, 0.5) is 0 Å². The van der Waals surface area contributed by atoms with Crippen LogP contribution >= 0.6 is 0 Å². The van der Waals surface area contributed by atoms with Crippen LogP contribution in [0.2, 0.25) is 0 Å². The summed E-state index contributed by atoms with van der Waals surface area (Å²) in [4.78, 5) is 16.1. The molecule has 3 heterocycles. The minimum absolute atomic E-state index is 0.159. The SMILES string of the molecule is C1=CC2=NC=CC3=NC(N4CCCC4)=NC(=C1)C23. The highest BCUT2D eigenvalue weighted by Gasteiger charge is 2.32. The summed E-state index contributed by atoms with van der Waals surface area (Å²) in [5, 5.41) is 0. The van der Waals surface area contributed by atoms with Crippen molar-refractivity contribution in [1.29, 1.82) is 0 Å². The first-order chi connectivity index (χ1) is 8.92. The van der Waals surface area contributed by atoms with E-state index in [4.69, 9.17) is 9.98 Å². The molecule has 0 bridgehead atoms. The Morgan fingerprint density at radius 3 is 2.83 bits per heavy atom. The number of hydrogen-bond donors (Lipinski definition) is 0. The van der Waals surface area contributed by atoms with Gasteiger partial charge in [-0.05, 0) is 31.1 Å². The van der Waals surface area contributed by atoms with Crippen molar-refractivity contribution in [1.82, 2.24) is 4.90 Å². The number of allylic oxidation sites excluding steroid dienone is 5. The Bertz CT molecular complexity index is 567. The molecule has 1 fully saturated rings. The van der Waals surface area contributed by atoms with Gasteiger partial charge in [-0.1, -0.05) is 6.08 Å². The van der Waals surface area contributed by atoms with Gasteiger partial charge in [0.05, 0.1) is 23.0 Å². The minimum atomic E-state index is 0.159. The number of rotatable bonds is 0. The van der Waals surface area contributed by atoms with Gasteiger partial charge in [0, 0.05) is 19.3 Å². The van der Waals surface area contributed by atoms with Crippen LogP contribution in [0.3, 0.4) is 0 Å². The predicted molar refractivity (Wildman–Crippen MR) is 73.0 cm³/mol. The number of aliphatic imine (C=N–C) groups is 3. The molecule has 0 N–H and O–H groups in total. The summed E-state index contributed by atoms with van der Waals surface area (Å²) < 4.78 is 0. The molecule has 1 aliphatic carbocycles. The fourth-order valence-electron chi connectivity index (χ4n) is 2.82. The highest BCUT2D eigenvalue weighted by Crippen LogP contribution is 2.29. The van der Waals surface area contributed by atoms with Crippen molar-refractivity contribution >= 4 is 17.4 Å². The Kier molecular flexibility index (Phi) is 2.09. The third kappa shape index (κ3) is 1.41. The fourth-order valence-corrected chi connectivity index (χ4v) is 2.82. The molecular weight excluding hydrogens is 224 g/mol. The molecule has 0 saturated carbocycles. The second kappa shape index (κ2) is 3.77. The molecule has 18 heavy (non-hydrogen) atoms. The van der Waals surface area contributed by atoms with Gasteiger partial charge < -0.3 is 4.90 Å². The third-order valence-corrected chi connectivity index (χ3v) is 3.74. The molecule has 0 aromatic heterocycles. The maximum Gasteiger partial charge on any atom is 0.225 e. The van der Waals surface area contributed by atoms with Crippen molar-refractivity contribution in [3.63, 3.8) is 0 Å². The lowest BCUT2D eigenvalue weighted by Crippen LogP contribution is -2.36. The standard InChI is InChI=1S/C14H14N4/c1-2-9-18(8-1)14-16-11-5-3-4-10-13(11)12(17-14)6-7-15-10/h3-7,13H,1-2,8-9H2. The summed E-state index contributed by atoms with van der Waals surface area (Å²) in [5.74, 6) is 1.04. The van der Waals surface area contributed by atoms with Gasteiger partial charge in [0.1, 0.15) is 0 Å². The van der Waals surface area contributed by atoms with E-state index in [0.717, 1.165) is 36.2 Å². The molecule has 4 rings (SSSR count). The molecule has 1 atom stereocenters. The van der Waals surface area contributed by atoms with Crippen molar-refractivity contribution in [2.75, 3.05) is 13.1 Å². The van der Waals surface area contributed by atoms with Gasteiger partial charge in [0.2, 0.25) is 5.96 Å². The molecule has 4 aliphatic rings. The lowest BCUT2D eigenvalue weighted by molar-refractivity contribution is 0.511. The van der Waals surface area contributed by atoms with Crippen LogP contribution in [0, 0.1) is 5.92 Å². The van der Waals surface area contributed by atoms with E-state index in [9.17, 15) is 0 Å². The zero-order valence-corrected chi connectivity index (χ0v) is 10.1. The fraction of sp³-hybridized carbons (Fsp3) is 0.357. The Morgan fingerprint density at radius 2 is 1.94 bits per heavy atom. The lowest BCUT2D eigenvalue weighted by Gasteiger charge is -2.29. The van der Waals surface area contributed by atoms with Crippen molar-refractivity contribution < 1.29 is 0 Å². The molecule has 0 radical (unpaired) electrons. The lowest BCUT2D eigenvalue weighted by atomic mass is 9.88. The van der Waals surface area contributed by atoms with Crippen LogP contribution in [0.15, 0.2) is 51.2 Å². The first kappa shape index (κ1) is 10.00. The average Bonchev–Trinajstić information content (AvgIpc) is 2.93. The van der Waals surface area contributed by atoms with Gasteiger partial charge in [-0.25, -0.2) is 9.98 Å². The monoisotopic (exact) mass is 238 g/mol. The van der Waals surface area contributed by atoms with E-state index in [1.165, 1.54) is 12.8 Å². The maximum absolute atomic E-state index is 4.72. The summed E-state index contributed by atoms with van der Waals surface area (Å²) in [6.07, 6.45) is 12.5. The van der Waals surface area contributed by atoms with Gasteiger partial charge in [0.25, 0.3) is 0 Å². The predicted octanol–water partition coefficient (Wildman–Crippen LogP) is 1.93. The number of guanidine groups is 1. The van der Waals surface area contributed by atoms with Crippen LogP contribution < -0.4 is 0 Å². The first-order valence-corrected chi connectivity index (χ1v) is 6.46. The summed E-state index contributed by atoms with van der Waals surface area (Å²) in [5.41, 5.74) is 3.21. The van der Waals surface area contributed by atoms with E-state index >= 15 is 0 Å². The van der Waals surface area contributed by atoms with Crippen molar-refractivity contribution in [2.24, 2.45) is 20.9 Å². The smallest absolute Gasteiger partial charge is 0.225 e. The van der Waals surface area contributed by atoms with Crippen LogP contribution in [-0.2, 0) is 0 Å². The van der Waals surface area contributed by atoms with E-state index < -0.39 is 0 Å². The maximum atomic E-state index is 4.72. The number of likely N-dealkylation sites (tertiary alicyclic amines) is 1. The number of nitrogens with zero attached hydrogens (tertiary/aromatic N) is 4. The van der Waals surface area contributed by atoms with Crippen LogP contribution in [0.1, 0.15) is 12.8 Å².